The molecule has 0 unspecified atom stereocenters. The summed E-state index contributed by atoms with van der Waals surface area (Å²) < 4.78 is 33.3. The fraction of sp³-hybridized carbons (Fsp3) is 0.538. The van der Waals surface area contributed by atoms with Gasteiger partial charge in [-0.1, -0.05) is 48.0 Å². The van der Waals surface area contributed by atoms with Crippen LogP contribution in [0.25, 0.3) is 0 Å². The van der Waals surface area contributed by atoms with Crippen LogP contribution >= 0.6 is 23.4 Å². The van der Waals surface area contributed by atoms with Gasteiger partial charge in [-0.15, -0.1) is 11.8 Å². The van der Waals surface area contributed by atoms with Crippen LogP contribution < -0.4 is 0 Å². The van der Waals surface area contributed by atoms with Crippen LogP contribution in [0.4, 0.5) is 8.78 Å². The number of rotatable bonds is 5. The van der Waals surface area contributed by atoms with E-state index < -0.39 is 35.8 Å². The van der Waals surface area contributed by atoms with Crippen molar-refractivity contribution in [2.24, 2.45) is 5.92 Å². The molecule has 7 atom stereocenters. The SMILES string of the molecule is CS[C@H]1O[C@@H](c2ccc(Cl)c(Cc3ccc([C@@]45CCC(F)(F)C[C@@H]4C5)cc3)c2)[C@H](O)[C@@H](O)[C@@H]1O. The van der Waals surface area contributed by atoms with E-state index in [1.54, 1.807) is 18.4 Å². The van der Waals surface area contributed by atoms with Gasteiger partial charge in [0.05, 0.1) is 0 Å². The van der Waals surface area contributed by atoms with E-state index >= 15 is 0 Å². The molecule has 0 radical (unpaired) electrons. The molecule has 5 rings (SSSR count). The summed E-state index contributed by atoms with van der Waals surface area (Å²) >= 11 is 7.74. The number of ether oxygens (including phenoxy) is 1. The number of thioether (sulfide) groups is 1. The van der Waals surface area contributed by atoms with Crippen LogP contribution in [-0.4, -0.2) is 51.2 Å². The Hall–Kier alpha value is -1.22. The Morgan fingerprint density at radius 2 is 1.74 bits per heavy atom. The average molecular weight is 511 g/mol. The lowest BCUT2D eigenvalue weighted by atomic mass is 9.81. The summed E-state index contributed by atoms with van der Waals surface area (Å²) in [5, 5.41) is 31.5. The van der Waals surface area contributed by atoms with Gasteiger partial charge >= 0.3 is 0 Å². The van der Waals surface area contributed by atoms with Crippen molar-refractivity contribution in [3.63, 3.8) is 0 Å². The van der Waals surface area contributed by atoms with Crippen LogP contribution in [-0.2, 0) is 16.6 Å². The molecule has 0 aromatic heterocycles. The highest BCUT2D eigenvalue weighted by molar-refractivity contribution is 7.99. The molecule has 3 fully saturated rings. The first-order chi connectivity index (χ1) is 16.1. The van der Waals surface area contributed by atoms with Crippen LogP contribution in [0.5, 0.6) is 0 Å². The highest BCUT2D eigenvalue weighted by Gasteiger charge is 2.61. The van der Waals surface area contributed by atoms with E-state index in [4.69, 9.17) is 16.3 Å². The van der Waals surface area contributed by atoms with Gasteiger partial charge in [-0.2, -0.15) is 0 Å². The number of alkyl halides is 2. The van der Waals surface area contributed by atoms with Gasteiger partial charge in [0.15, 0.2) is 0 Å². The lowest BCUT2D eigenvalue weighted by Gasteiger charge is -2.40. The van der Waals surface area contributed by atoms with Crippen molar-refractivity contribution in [3.05, 3.63) is 69.7 Å². The quantitative estimate of drug-likeness (QED) is 0.536. The summed E-state index contributed by atoms with van der Waals surface area (Å²) in [6.45, 7) is 0. The van der Waals surface area contributed by atoms with Crippen LogP contribution in [0, 0.1) is 5.92 Å². The second kappa shape index (κ2) is 9.02. The molecule has 4 nitrogen and oxygen atoms in total. The summed E-state index contributed by atoms with van der Waals surface area (Å²) in [5.74, 6) is -2.44. The first-order valence-corrected chi connectivity index (χ1v) is 13.3. The molecule has 1 heterocycles. The normalized spacial score (nSPS) is 36.7. The second-order valence-electron chi connectivity index (χ2n) is 9.97. The monoisotopic (exact) mass is 510 g/mol. The summed E-state index contributed by atoms with van der Waals surface area (Å²) in [4.78, 5) is 0. The van der Waals surface area contributed by atoms with Gasteiger partial charge in [0.1, 0.15) is 29.9 Å². The Kier molecular flexibility index (Phi) is 6.49. The summed E-state index contributed by atoms with van der Waals surface area (Å²) in [7, 11) is 0. The molecule has 2 aromatic carbocycles. The van der Waals surface area contributed by atoms with Crippen molar-refractivity contribution in [3.8, 4) is 0 Å². The molecule has 34 heavy (non-hydrogen) atoms. The predicted molar refractivity (Wildman–Crippen MR) is 128 cm³/mol. The third-order valence-corrected chi connectivity index (χ3v) is 9.06. The standard InChI is InChI=1S/C26H29ClF2O4S/c1-34-24-22(32)20(30)21(31)23(33-24)15-4-7-19(27)16(11-15)10-14-2-5-17(6-3-14)25-8-9-26(28,29)13-18(25)12-25/h2-7,11,18,20-24,30-32H,8-10,12-13H2,1H3/t18-,20+,21+,22-,23-,24+,25-/m0/s1. The molecule has 184 valence electrons. The third-order valence-electron chi connectivity index (χ3n) is 7.84. The Labute approximate surface area is 207 Å². The molecular weight excluding hydrogens is 482 g/mol. The minimum Gasteiger partial charge on any atom is -0.387 e. The predicted octanol–water partition coefficient (Wildman–Crippen LogP) is 4.85. The molecule has 1 aliphatic heterocycles. The van der Waals surface area contributed by atoms with Crippen LogP contribution in [0.2, 0.25) is 5.02 Å². The van der Waals surface area contributed by atoms with Crippen LogP contribution in [0.3, 0.4) is 0 Å². The largest absolute Gasteiger partial charge is 0.387 e. The molecule has 2 saturated carbocycles. The van der Waals surface area contributed by atoms with Crippen LogP contribution in [0.1, 0.15) is 54.0 Å². The number of fused-ring (bicyclic) bond motifs is 1. The Morgan fingerprint density at radius 3 is 2.41 bits per heavy atom. The number of aliphatic hydroxyl groups is 3. The minimum atomic E-state index is -2.52. The van der Waals surface area contributed by atoms with Gasteiger partial charge in [-0.25, -0.2) is 8.78 Å². The molecule has 0 amide bonds. The molecule has 8 heteroatoms. The number of benzene rings is 2. The van der Waals surface area contributed by atoms with E-state index in [0.717, 1.165) is 23.1 Å². The smallest absolute Gasteiger partial charge is 0.248 e. The molecule has 0 spiro atoms. The fourth-order valence-electron chi connectivity index (χ4n) is 5.72. The van der Waals surface area contributed by atoms with Crippen molar-refractivity contribution in [1.29, 1.82) is 0 Å². The average Bonchev–Trinajstić information content (AvgIpc) is 3.53. The molecule has 2 aliphatic carbocycles. The third kappa shape index (κ3) is 4.40. The summed E-state index contributed by atoms with van der Waals surface area (Å²) in [6.07, 6.45) is -0.862. The van der Waals surface area contributed by atoms with Crippen molar-refractivity contribution >= 4 is 23.4 Å². The van der Waals surface area contributed by atoms with Crippen molar-refractivity contribution in [1.82, 2.24) is 0 Å². The zero-order valence-electron chi connectivity index (χ0n) is 18.8. The van der Waals surface area contributed by atoms with E-state index in [1.807, 2.05) is 18.2 Å². The Balaban J connectivity index is 1.32. The maximum Gasteiger partial charge on any atom is 0.248 e. The zero-order chi connectivity index (χ0) is 24.3. The Bertz CT molecular complexity index is 1050. The van der Waals surface area contributed by atoms with Gasteiger partial charge < -0.3 is 20.1 Å². The molecule has 1 saturated heterocycles. The van der Waals surface area contributed by atoms with E-state index in [-0.39, 0.29) is 24.2 Å². The van der Waals surface area contributed by atoms with E-state index in [0.29, 0.717) is 23.4 Å². The van der Waals surface area contributed by atoms with E-state index in [1.165, 1.54) is 11.8 Å². The topological polar surface area (TPSA) is 69.9 Å². The lowest BCUT2D eigenvalue weighted by Crippen LogP contribution is -2.52. The molecule has 0 bridgehead atoms. The molecular formula is C26H29ClF2O4S. The first kappa shape index (κ1) is 24.5. The number of halogens is 3. The number of hydrogen-bond acceptors (Lipinski definition) is 5. The maximum atomic E-state index is 13.7. The Morgan fingerprint density at radius 1 is 1.00 bits per heavy atom. The number of hydrogen-bond donors (Lipinski definition) is 3. The zero-order valence-corrected chi connectivity index (χ0v) is 20.4. The van der Waals surface area contributed by atoms with Gasteiger partial charge in [0.2, 0.25) is 5.92 Å². The van der Waals surface area contributed by atoms with Crippen molar-refractivity contribution in [2.75, 3.05) is 6.26 Å². The molecule has 2 aromatic rings. The van der Waals surface area contributed by atoms with Gasteiger partial charge in [-0.05, 0) is 65.2 Å². The second-order valence-corrected chi connectivity index (χ2v) is 11.3. The van der Waals surface area contributed by atoms with E-state index in [2.05, 4.69) is 12.1 Å². The van der Waals surface area contributed by atoms with Crippen molar-refractivity contribution in [2.45, 2.75) is 73.3 Å². The highest BCUT2D eigenvalue weighted by Crippen LogP contribution is 2.65. The fourth-order valence-corrected chi connectivity index (χ4v) is 6.58. The first-order valence-electron chi connectivity index (χ1n) is 11.6. The lowest BCUT2D eigenvalue weighted by molar-refractivity contribution is -0.200. The van der Waals surface area contributed by atoms with Crippen LogP contribution in [0.15, 0.2) is 42.5 Å². The van der Waals surface area contributed by atoms with Gasteiger partial charge in [0, 0.05) is 17.9 Å². The van der Waals surface area contributed by atoms with Gasteiger partial charge in [-0.3, -0.25) is 0 Å². The minimum absolute atomic E-state index is 0.00460. The molecule has 3 N–H and O–H groups in total. The van der Waals surface area contributed by atoms with E-state index in [9.17, 15) is 24.1 Å². The maximum absolute atomic E-state index is 13.7. The summed E-state index contributed by atoms with van der Waals surface area (Å²) in [5.41, 5.74) is 2.98. The summed E-state index contributed by atoms with van der Waals surface area (Å²) in [6, 6.07) is 13.6. The molecule has 3 aliphatic rings. The van der Waals surface area contributed by atoms with Crippen molar-refractivity contribution < 1.29 is 28.8 Å². The highest BCUT2D eigenvalue weighted by atomic mass is 35.5. The van der Waals surface area contributed by atoms with Gasteiger partial charge in [0.25, 0.3) is 0 Å². The number of aliphatic hydroxyl groups excluding tert-OH is 3.